The molecule has 1 aliphatic carbocycles. The second kappa shape index (κ2) is 7.04. The third kappa shape index (κ3) is 4.94. The summed E-state index contributed by atoms with van der Waals surface area (Å²) >= 11 is 0. The van der Waals surface area contributed by atoms with Crippen LogP contribution in [0.15, 0.2) is 24.3 Å². The Balaban J connectivity index is 1.79. The molecular formula is C17H26FN. The van der Waals surface area contributed by atoms with E-state index in [2.05, 4.69) is 19.2 Å². The van der Waals surface area contributed by atoms with Crippen LogP contribution in [0.4, 0.5) is 4.39 Å². The molecule has 1 N–H and O–H groups in total. The van der Waals surface area contributed by atoms with Gasteiger partial charge >= 0.3 is 0 Å². The Morgan fingerprint density at radius 2 is 2.16 bits per heavy atom. The normalized spacial score (nSPS) is 23.8. The fourth-order valence-electron chi connectivity index (χ4n) is 3.27. The molecule has 0 aromatic heterocycles. The molecule has 0 heterocycles. The fraction of sp³-hybridized carbons (Fsp3) is 0.647. The highest BCUT2D eigenvalue weighted by Crippen LogP contribution is 2.29. The Labute approximate surface area is 116 Å². The highest BCUT2D eigenvalue weighted by Gasteiger charge is 2.22. The van der Waals surface area contributed by atoms with Crippen molar-refractivity contribution in [2.75, 3.05) is 0 Å². The molecule has 1 fully saturated rings. The first kappa shape index (κ1) is 14.5. The Kier molecular flexibility index (Phi) is 5.38. The lowest BCUT2D eigenvalue weighted by atomic mass is 9.81. The molecule has 1 nitrogen and oxygen atoms in total. The van der Waals surface area contributed by atoms with Crippen molar-refractivity contribution in [1.82, 2.24) is 5.32 Å². The summed E-state index contributed by atoms with van der Waals surface area (Å²) in [5.41, 5.74) is 1.05. The molecule has 1 aromatic carbocycles. The molecule has 2 atom stereocenters. The lowest BCUT2D eigenvalue weighted by molar-refractivity contribution is 0.252. The number of rotatable bonds is 5. The highest BCUT2D eigenvalue weighted by atomic mass is 19.1. The number of nitrogens with one attached hydrogen (secondary N) is 1. The minimum absolute atomic E-state index is 0.138. The van der Waals surface area contributed by atoms with Crippen molar-refractivity contribution < 1.29 is 4.39 Å². The first-order valence-electron chi connectivity index (χ1n) is 7.61. The quantitative estimate of drug-likeness (QED) is 0.823. The van der Waals surface area contributed by atoms with Crippen LogP contribution in [0.3, 0.4) is 0 Å². The number of halogens is 1. The van der Waals surface area contributed by atoms with Gasteiger partial charge in [0.2, 0.25) is 0 Å². The third-order valence-corrected chi connectivity index (χ3v) is 4.07. The second-order valence-corrected chi connectivity index (χ2v) is 6.37. The Bertz CT molecular complexity index is 389. The number of hydrogen-bond acceptors (Lipinski definition) is 1. The van der Waals surface area contributed by atoms with E-state index in [9.17, 15) is 4.39 Å². The maximum atomic E-state index is 13.1. The maximum absolute atomic E-state index is 13.1. The molecule has 2 heteroatoms. The predicted molar refractivity (Wildman–Crippen MR) is 78.4 cm³/mol. The zero-order chi connectivity index (χ0) is 13.7. The number of hydrogen-bond donors (Lipinski definition) is 1. The Hall–Kier alpha value is -0.890. The van der Waals surface area contributed by atoms with E-state index in [0.717, 1.165) is 23.9 Å². The molecule has 1 saturated carbocycles. The van der Waals surface area contributed by atoms with E-state index >= 15 is 0 Å². The molecule has 2 rings (SSSR count). The summed E-state index contributed by atoms with van der Waals surface area (Å²) in [6.45, 7) is 5.41. The molecule has 0 radical (unpaired) electrons. The molecule has 1 aliphatic rings. The molecule has 2 unspecified atom stereocenters. The zero-order valence-corrected chi connectivity index (χ0v) is 12.2. The summed E-state index contributed by atoms with van der Waals surface area (Å²) in [5.74, 6) is 1.53. The predicted octanol–water partition coefficient (Wildman–Crippen LogP) is 4.52. The molecule has 0 bridgehead atoms. The third-order valence-electron chi connectivity index (χ3n) is 4.07. The first-order chi connectivity index (χ1) is 9.13. The van der Waals surface area contributed by atoms with E-state index in [-0.39, 0.29) is 5.82 Å². The van der Waals surface area contributed by atoms with Crippen LogP contribution in [0.25, 0.3) is 0 Å². The zero-order valence-electron chi connectivity index (χ0n) is 12.2. The van der Waals surface area contributed by atoms with E-state index < -0.39 is 0 Å². The van der Waals surface area contributed by atoms with Crippen LogP contribution >= 0.6 is 0 Å². The summed E-state index contributed by atoms with van der Waals surface area (Å²) in [6.07, 6.45) is 6.62. The summed E-state index contributed by atoms with van der Waals surface area (Å²) < 4.78 is 13.1. The molecule has 106 valence electrons. The average molecular weight is 263 g/mol. The second-order valence-electron chi connectivity index (χ2n) is 6.37. The summed E-state index contributed by atoms with van der Waals surface area (Å²) in [5, 5.41) is 3.60. The van der Waals surface area contributed by atoms with Crippen molar-refractivity contribution in [3.63, 3.8) is 0 Å². The first-order valence-corrected chi connectivity index (χ1v) is 7.61. The molecule has 1 aromatic rings. The average Bonchev–Trinajstić information content (AvgIpc) is 2.36. The van der Waals surface area contributed by atoms with Crippen LogP contribution in [-0.2, 0) is 6.54 Å². The molecule has 0 amide bonds. The minimum Gasteiger partial charge on any atom is -0.310 e. The molecule has 0 spiro atoms. The molecular weight excluding hydrogens is 237 g/mol. The summed E-state index contributed by atoms with van der Waals surface area (Å²) in [6, 6.07) is 7.52. The van der Waals surface area contributed by atoms with Gasteiger partial charge in [0.15, 0.2) is 0 Å². The Morgan fingerprint density at radius 1 is 1.32 bits per heavy atom. The molecule has 0 aliphatic heterocycles. The van der Waals surface area contributed by atoms with Gasteiger partial charge in [0.25, 0.3) is 0 Å². The highest BCUT2D eigenvalue weighted by molar-refractivity contribution is 5.16. The van der Waals surface area contributed by atoms with Gasteiger partial charge in [-0.05, 0) is 48.8 Å². The lowest BCUT2D eigenvalue weighted by Crippen LogP contribution is -2.34. The van der Waals surface area contributed by atoms with Gasteiger partial charge in [-0.3, -0.25) is 0 Å². The monoisotopic (exact) mass is 263 g/mol. The minimum atomic E-state index is -0.138. The van der Waals surface area contributed by atoms with Gasteiger partial charge in [-0.25, -0.2) is 4.39 Å². The fourth-order valence-corrected chi connectivity index (χ4v) is 3.27. The van der Waals surface area contributed by atoms with E-state index in [1.165, 1.54) is 38.2 Å². The van der Waals surface area contributed by atoms with Gasteiger partial charge in [-0.1, -0.05) is 38.8 Å². The van der Waals surface area contributed by atoms with E-state index in [1.807, 2.05) is 6.07 Å². The summed E-state index contributed by atoms with van der Waals surface area (Å²) in [7, 11) is 0. The van der Waals surface area contributed by atoms with E-state index in [4.69, 9.17) is 0 Å². The van der Waals surface area contributed by atoms with Crippen molar-refractivity contribution in [1.29, 1.82) is 0 Å². The number of benzene rings is 1. The van der Waals surface area contributed by atoms with Crippen LogP contribution < -0.4 is 5.32 Å². The summed E-state index contributed by atoms with van der Waals surface area (Å²) in [4.78, 5) is 0. The SMILES string of the molecule is CC(C)CC1CCCC(NCc2cccc(F)c2)C1. The van der Waals surface area contributed by atoms with Crippen LogP contribution in [-0.4, -0.2) is 6.04 Å². The van der Waals surface area contributed by atoms with Crippen molar-refractivity contribution in [2.45, 2.75) is 58.5 Å². The Morgan fingerprint density at radius 3 is 2.89 bits per heavy atom. The standard InChI is InChI=1S/C17H26FN/c1-13(2)9-14-5-4-8-17(11-14)19-12-15-6-3-7-16(18)10-15/h3,6-7,10,13-14,17,19H,4-5,8-9,11-12H2,1-2H3. The van der Waals surface area contributed by atoms with Crippen molar-refractivity contribution in [2.24, 2.45) is 11.8 Å². The molecule has 19 heavy (non-hydrogen) atoms. The van der Waals surface area contributed by atoms with E-state index in [1.54, 1.807) is 12.1 Å². The van der Waals surface area contributed by atoms with Crippen molar-refractivity contribution in [3.8, 4) is 0 Å². The van der Waals surface area contributed by atoms with E-state index in [0.29, 0.717) is 6.04 Å². The van der Waals surface area contributed by atoms with Crippen molar-refractivity contribution in [3.05, 3.63) is 35.6 Å². The van der Waals surface area contributed by atoms with Crippen LogP contribution in [0.5, 0.6) is 0 Å². The topological polar surface area (TPSA) is 12.0 Å². The maximum Gasteiger partial charge on any atom is 0.123 e. The van der Waals surface area contributed by atoms with Gasteiger partial charge in [0.1, 0.15) is 5.82 Å². The molecule has 0 saturated heterocycles. The largest absolute Gasteiger partial charge is 0.310 e. The van der Waals surface area contributed by atoms with Crippen molar-refractivity contribution >= 4 is 0 Å². The van der Waals surface area contributed by atoms with Crippen LogP contribution in [0, 0.1) is 17.7 Å². The lowest BCUT2D eigenvalue weighted by Gasteiger charge is -2.31. The van der Waals surface area contributed by atoms with Gasteiger partial charge < -0.3 is 5.32 Å². The van der Waals surface area contributed by atoms with Gasteiger partial charge in [-0.2, -0.15) is 0 Å². The van der Waals surface area contributed by atoms with Gasteiger partial charge in [0, 0.05) is 12.6 Å². The van der Waals surface area contributed by atoms with Crippen LogP contribution in [0.1, 0.15) is 51.5 Å². The van der Waals surface area contributed by atoms with Gasteiger partial charge in [-0.15, -0.1) is 0 Å². The van der Waals surface area contributed by atoms with Crippen LogP contribution in [0.2, 0.25) is 0 Å². The van der Waals surface area contributed by atoms with Gasteiger partial charge in [0.05, 0.1) is 0 Å². The smallest absolute Gasteiger partial charge is 0.123 e.